The number of hydrogen-bond donors (Lipinski definition) is 5. The summed E-state index contributed by atoms with van der Waals surface area (Å²) in [7, 11) is 0. The van der Waals surface area contributed by atoms with E-state index in [1.807, 2.05) is 4.98 Å². The Kier molecular flexibility index (Phi) is 6.89. The fourth-order valence-electron chi connectivity index (χ4n) is 2.13. The number of H-pyrrole nitrogens is 2. The number of halogens is 3. The normalized spacial score (nSPS) is 30.7. The highest BCUT2D eigenvalue weighted by atomic mass is 36.0. The molecule has 0 radical (unpaired) electrons. The number of hydrogen-bond acceptors (Lipinski definition) is 7. The van der Waals surface area contributed by atoms with Gasteiger partial charge in [-0.25, -0.2) is 4.79 Å². The molecule has 0 unspecified atom stereocenters. The van der Waals surface area contributed by atoms with E-state index in [1.165, 1.54) is 6.92 Å². The van der Waals surface area contributed by atoms with Crippen molar-refractivity contribution in [2.45, 2.75) is 30.8 Å². The Balaban J connectivity index is 0.000000463. The van der Waals surface area contributed by atoms with Crippen molar-refractivity contribution in [3.8, 4) is 0 Å². The number of ether oxygens (including phenoxy) is 1. The van der Waals surface area contributed by atoms with Gasteiger partial charge in [0, 0.05) is 6.20 Å². The highest BCUT2D eigenvalue weighted by Crippen LogP contribution is 2.61. The maximum absolute atomic E-state index is 11.7. The summed E-state index contributed by atoms with van der Waals surface area (Å²) in [6.45, 7) is 0.911. The van der Waals surface area contributed by atoms with E-state index in [0.717, 1.165) is 6.20 Å². The molecular formula is C10H14Cl3N2O7P. The van der Waals surface area contributed by atoms with Crippen molar-refractivity contribution in [2.75, 3.05) is 6.61 Å². The summed E-state index contributed by atoms with van der Waals surface area (Å²) in [6.07, 6.45) is -2.57. The fourth-order valence-corrected chi connectivity index (χ4v) is 2.13. The summed E-state index contributed by atoms with van der Waals surface area (Å²) in [6, 6.07) is 0. The molecule has 0 amide bonds. The van der Waals surface area contributed by atoms with Gasteiger partial charge in [0.25, 0.3) is 5.56 Å². The lowest BCUT2D eigenvalue weighted by Crippen LogP contribution is -2.43. The van der Waals surface area contributed by atoms with Crippen LogP contribution in [0, 0.1) is 0 Å². The molecule has 2 heterocycles. The molecule has 0 aliphatic carbocycles. The van der Waals surface area contributed by atoms with Crippen LogP contribution in [0.3, 0.4) is 0 Å². The number of rotatable bonds is 2. The van der Waals surface area contributed by atoms with Crippen molar-refractivity contribution in [3.63, 3.8) is 0 Å². The van der Waals surface area contributed by atoms with E-state index in [0.29, 0.717) is 0 Å². The lowest BCUT2D eigenvalue weighted by molar-refractivity contribution is -0.0867. The summed E-state index contributed by atoms with van der Waals surface area (Å²) in [5.74, 6) is 0. The quantitative estimate of drug-likeness (QED) is 0.436. The van der Waals surface area contributed by atoms with Crippen LogP contribution in [0.1, 0.15) is 12.5 Å². The van der Waals surface area contributed by atoms with Crippen molar-refractivity contribution in [3.05, 3.63) is 32.6 Å². The third kappa shape index (κ3) is 5.30. The minimum absolute atomic E-state index is 0.0235. The van der Waals surface area contributed by atoms with Crippen LogP contribution in [0.25, 0.3) is 0 Å². The first kappa shape index (κ1) is 20.7. The zero-order valence-corrected chi connectivity index (χ0v) is 14.7. The molecule has 132 valence electrons. The Morgan fingerprint density at radius 2 is 1.87 bits per heavy atom. The number of aliphatic hydroxyl groups excluding tert-OH is 3. The zero-order valence-electron chi connectivity index (χ0n) is 11.6. The van der Waals surface area contributed by atoms with Crippen LogP contribution in [0.5, 0.6) is 0 Å². The van der Waals surface area contributed by atoms with E-state index >= 15 is 0 Å². The predicted molar refractivity (Wildman–Crippen MR) is 84.2 cm³/mol. The third-order valence-electron chi connectivity index (χ3n) is 3.20. The fraction of sp³-hybridized carbons (Fsp3) is 0.600. The minimum Gasteiger partial charge on any atom is -0.394 e. The van der Waals surface area contributed by atoms with Gasteiger partial charge in [-0.15, -0.1) is 0 Å². The maximum Gasteiger partial charge on any atom is 0.339 e. The number of aromatic nitrogens is 2. The van der Waals surface area contributed by atoms with E-state index in [-0.39, 0.29) is 5.56 Å². The molecule has 1 aliphatic rings. The van der Waals surface area contributed by atoms with Crippen molar-refractivity contribution in [1.29, 1.82) is 0 Å². The summed E-state index contributed by atoms with van der Waals surface area (Å²) < 4.78 is 14.8. The lowest BCUT2D eigenvalue weighted by atomic mass is 9.90. The molecule has 5 N–H and O–H groups in total. The van der Waals surface area contributed by atoms with Gasteiger partial charge in [0.1, 0.15) is 23.9 Å². The first-order valence-corrected chi connectivity index (χ1v) is 10.5. The molecule has 23 heavy (non-hydrogen) atoms. The molecule has 0 spiro atoms. The molecular weight excluding hydrogens is 397 g/mol. The van der Waals surface area contributed by atoms with Crippen molar-refractivity contribution >= 4 is 38.9 Å². The van der Waals surface area contributed by atoms with Gasteiger partial charge in [-0.1, -0.05) is 0 Å². The second-order valence-corrected chi connectivity index (χ2v) is 11.4. The molecule has 9 nitrogen and oxygen atoms in total. The van der Waals surface area contributed by atoms with Crippen LogP contribution in [0.15, 0.2) is 15.8 Å². The third-order valence-corrected chi connectivity index (χ3v) is 3.20. The van der Waals surface area contributed by atoms with Gasteiger partial charge in [-0.05, 0) is 40.6 Å². The predicted octanol–water partition coefficient (Wildman–Crippen LogP) is 0.202. The summed E-state index contributed by atoms with van der Waals surface area (Å²) in [5, 5.41) is 25.4. The second-order valence-electron chi connectivity index (χ2n) is 4.77. The standard InChI is InChI=1S/C10H14N2O6.Cl3OP/c1-10(4-2-11-9(17)12-8(4)16)7(15)6(14)5(3-13)18-10;1-5(2,3)4/h2,5-7,13-15H,3H2,1H3,(H2,11,12,16,17);/t5-,6-,7-,10+;/m1./s1. The van der Waals surface area contributed by atoms with Crippen molar-refractivity contribution in [1.82, 2.24) is 9.97 Å². The lowest BCUT2D eigenvalue weighted by Gasteiger charge is -2.26. The zero-order chi connectivity index (χ0) is 18.0. The monoisotopic (exact) mass is 410 g/mol. The average Bonchev–Trinajstić information content (AvgIpc) is 2.61. The molecule has 1 aromatic heterocycles. The Labute approximate surface area is 143 Å². The van der Waals surface area contributed by atoms with Crippen LogP contribution >= 0.6 is 38.9 Å². The van der Waals surface area contributed by atoms with Gasteiger partial charge in [0.2, 0.25) is 0 Å². The van der Waals surface area contributed by atoms with E-state index in [2.05, 4.69) is 38.7 Å². The van der Waals surface area contributed by atoms with E-state index in [4.69, 9.17) is 9.84 Å². The van der Waals surface area contributed by atoms with Crippen LogP contribution < -0.4 is 11.2 Å². The van der Waals surface area contributed by atoms with Gasteiger partial charge in [0.15, 0.2) is 0 Å². The highest BCUT2D eigenvalue weighted by molar-refractivity contribution is 8.24. The molecule has 2 rings (SSSR count). The minimum atomic E-state index is -3.22. The largest absolute Gasteiger partial charge is 0.394 e. The molecule has 1 aromatic rings. The second kappa shape index (κ2) is 7.67. The highest BCUT2D eigenvalue weighted by Gasteiger charge is 2.53. The summed E-state index contributed by atoms with van der Waals surface area (Å²) in [4.78, 5) is 26.9. The van der Waals surface area contributed by atoms with E-state index in [1.54, 1.807) is 0 Å². The van der Waals surface area contributed by atoms with Crippen molar-refractivity contribution < 1.29 is 24.6 Å². The van der Waals surface area contributed by atoms with E-state index in [9.17, 15) is 24.4 Å². The molecule has 13 heteroatoms. The van der Waals surface area contributed by atoms with Crippen LogP contribution in [-0.4, -0.2) is 50.2 Å². The first-order chi connectivity index (χ1) is 10.4. The molecule has 1 fully saturated rings. The smallest absolute Gasteiger partial charge is 0.339 e. The molecule has 4 atom stereocenters. The molecule has 0 aromatic carbocycles. The Morgan fingerprint density at radius 3 is 2.26 bits per heavy atom. The topological polar surface area (TPSA) is 153 Å². The number of nitrogens with one attached hydrogen (secondary N) is 2. The Bertz CT molecular complexity index is 696. The molecule has 0 saturated carbocycles. The van der Waals surface area contributed by atoms with E-state index < -0.39 is 47.0 Å². The summed E-state index contributed by atoms with van der Waals surface area (Å²) in [5.41, 5.74) is -2.92. The Morgan fingerprint density at radius 1 is 1.35 bits per heavy atom. The summed E-state index contributed by atoms with van der Waals surface area (Å²) >= 11 is 13.8. The number of aliphatic hydroxyl groups is 3. The van der Waals surface area contributed by atoms with Gasteiger partial charge in [0.05, 0.1) is 12.2 Å². The van der Waals surface area contributed by atoms with Crippen LogP contribution in [0.2, 0.25) is 0 Å². The number of aromatic amines is 2. The first-order valence-electron chi connectivity index (χ1n) is 6.06. The van der Waals surface area contributed by atoms with Gasteiger partial charge < -0.3 is 25.0 Å². The average molecular weight is 412 g/mol. The van der Waals surface area contributed by atoms with Gasteiger partial charge in [-0.3, -0.25) is 14.3 Å². The van der Waals surface area contributed by atoms with Gasteiger partial charge in [-0.2, -0.15) is 0 Å². The van der Waals surface area contributed by atoms with Crippen LogP contribution in [-0.2, 0) is 14.9 Å². The van der Waals surface area contributed by atoms with Gasteiger partial charge >= 0.3 is 10.9 Å². The molecule has 0 bridgehead atoms. The Hall–Kier alpha value is -0.380. The molecule has 1 aliphatic heterocycles. The van der Waals surface area contributed by atoms with Crippen LogP contribution in [0.4, 0.5) is 0 Å². The maximum atomic E-state index is 11.7. The molecule has 1 saturated heterocycles. The van der Waals surface area contributed by atoms with Crippen molar-refractivity contribution in [2.24, 2.45) is 0 Å². The SMILES string of the molecule is C[C@@]1(c2c[nH]c(=O)[nH]c2=O)O[C@H](CO)[C@@H](O)[C@H]1O.O=P(Cl)(Cl)Cl.